The second kappa shape index (κ2) is 6.37. The van der Waals surface area contributed by atoms with Gasteiger partial charge in [0.05, 0.1) is 14.2 Å². The summed E-state index contributed by atoms with van der Waals surface area (Å²) in [6.07, 6.45) is 3.68. The van der Waals surface area contributed by atoms with Gasteiger partial charge in [-0.05, 0) is 24.0 Å². The van der Waals surface area contributed by atoms with E-state index in [-0.39, 0.29) is 5.92 Å². The van der Waals surface area contributed by atoms with E-state index in [4.69, 9.17) is 9.47 Å². The highest BCUT2D eigenvalue weighted by molar-refractivity contribution is 5.97. The fourth-order valence-corrected chi connectivity index (χ4v) is 2.71. The van der Waals surface area contributed by atoms with Gasteiger partial charge in [-0.15, -0.1) is 0 Å². The second-order valence-electron chi connectivity index (χ2n) is 4.73. The van der Waals surface area contributed by atoms with E-state index in [0.717, 1.165) is 24.0 Å². The topological polar surface area (TPSA) is 52.6 Å². The van der Waals surface area contributed by atoms with Crippen LogP contribution in [0.1, 0.15) is 18.4 Å². The fourth-order valence-electron chi connectivity index (χ4n) is 2.71. The van der Waals surface area contributed by atoms with Crippen molar-refractivity contribution in [3.8, 4) is 0 Å². The molecular weight excluding hydrogens is 256 g/mol. The molecule has 0 aromatic heterocycles. The normalized spacial score (nSPS) is 17.8. The molecule has 106 valence electrons. The van der Waals surface area contributed by atoms with Gasteiger partial charge in [-0.3, -0.25) is 9.59 Å². The smallest absolute Gasteiger partial charge is 0.320 e. The van der Waals surface area contributed by atoms with E-state index < -0.39 is 17.9 Å². The molecule has 0 saturated heterocycles. The number of benzene rings is 1. The van der Waals surface area contributed by atoms with Gasteiger partial charge in [-0.2, -0.15) is 0 Å². The molecule has 0 heterocycles. The zero-order chi connectivity index (χ0) is 14.5. The Labute approximate surface area is 118 Å². The van der Waals surface area contributed by atoms with Crippen LogP contribution < -0.4 is 0 Å². The lowest BCUT2D eigenvalue weighted by Crippen LogP contribution is -2.33. The Bertz CT molecular complexity index is 503. The summed E-state index contributed by atoms with van der Waals surface area (Å²) in [5.74, 6) is -2.15. The van der Waals surface area contributed by atoms with Gasteiger partial charge in [-0.1, -0.05) is 36.4 Å². The molecule has 0 fully saturated rings. The fraction of sp³-hybridized carbons (Fsp3) is 0.375. The molecule has 20 heavy (non-hydrogen) atoms. The maximum absolute atomic E-state index is 11.9. The maximum atomic E-state index is 11.9. The molecule has 1 aliphatic rings. The maximum Gasteiger partial charge on any atom is 0.320 e. The van der Waals surface area contributed by atoms with E-state index >= 15 is 0 Å². The Morgan fingerprint density at radius 3 is 2.25 bits per heavy atom. The van der Waals surface area contributed by atoms with Crippen LogP contribution in [0.25, 0.3) is 5.57 Å². The summed E-state index contributed by atoms with van der Waals surface area (Å²) >= 11 is 0. The number of hydrogen-bond donors (Lipinski definition) is 0. The highest BCUT2D eigenvalue weighted by Gasteiger charge is 2.40. The van der Waals surface area contributed by atoms with Gasteiger partial charge in [0.15, 0.2) is 5.92 Å². The van der Waals surface area contributed by atoms with Crippen LogP contribution in [0.2, 0.25) is 0 Å². The number of hydrogen-bond acceptors (Lipinski definition) is 4. The number of esters is 2. The summed E-state index contributed by atoms with van der Waals surface area (Å²) in [4.78, 5) is 23.9. The van der Waals surface area contributed by atoms with E-state index in [0.29, 0.717) is 0 Å². The summed E-state index contributed by atoms with van der Waals surface area (Å²) in [5.41, 5.74) is 2.05. The van der Waals surface area contributed by atoms with Crippen molar-refractivity contribution < 1.29 is 19.1 Å². The summed E-state index contributed by atoms with van der Waals surface area (Å²) in [6.45, 7) is 0. The van der Waals surface area contributed by atoms with Crippen LogP contribution in [0, 0.1) is 11.8 Å². The molecule has 0 aliphatic heterocycles. The third-order valence-corrected chi connectivity index (χ3v) is 3.66. The Morgan fingerprint density at radius 2 is 1.70 bits per heavy atom. The third kappa shape index (κ3) is 2.74. The van der Waals surface area contributed by atoms with Crippen molar-refractivity contribution in [3.05, 3.63) is 42.0 Å². The van der Waals surface area contributed by atoms with Crippen molar-refractivity contribution in [1.82, 2.24) is 0 Å². The average Bonchev–Trinajstić information content (AvgIpc) is 2.97. The molecule has 2 rings (SSSR count). The van der Waals surface area contributed by atoms with Crippen molar-refractivity contribution >= 4 is 17.5 Å². The number of carbonyl (C=O) groups is 2. The number of carbonyl (C=O) groups excluding carboxylic acids is 2. The number of ether oxygens (including phenoxy) is 2. The number of allylic oxidation sites excluding steroid dienone is 2. The Hall–Kier alpha value is -2.10. The highest BCUT2D eigenvalue weighted by atomic mass is 16.5. The van der Waals surface area contributed by atoms with E-state index in [1.165, 1.54) is 14.2 Å². The van der Waals surface area contributed by atoms with Gasteiger partial charge >= 0.3 is 11.9 Å². The molecule has 0 N–H and O–H groups in total. The van der Waals surface area contributed by atoms with Crippen LogP contribution >= 0.6 is 0 Å². The quantitative estimate of drug-likeness (QED) is 0.625. The highest BCUT2D eigenvalue weighted by Crippen LogP contribution is 2.39. The van der Waals surface area contributed by atoms with Crippen molar-refractivity contribution in [2.45, 2.75) is 12.8 Å². The van der Waals surface area contributed by atoms with Gasteiger partial charge in [0.1, 0.15) is 0 Å². The lowest BCUT2D eigenvalue weighted by Gasteiger charge is -2.22. The Morgan fingerprint density at radius 1 is 1.10 bits per heavy atom. The molecule has 0 bridgehead atoms. The zero-order valence-electron chi connectivity index (χ0n) is 11.7. The molecule has 0 unspecified atom stereocenters. The van der Waals surface area contributed by atoms with Crippen LogP contribution in [-0.4, -0.2) is 26.2 Å². The van der Waals surface area contributed by atoms with Crippen molar-refractivity contribution in [2.24, 2.45) is 11.8 Å². The third-order valence-electron chi connectivity index (χ3n) is 3.66. The van der Waals surface area contributed by atoms with Crippen LogP contribution in [-0.2, 0) is 19.1 Å². The Balaban J connectivity index is 2.32. The molecule has 4 heteroatoms. The van der Waals surface area contributed by atoms with Gasteiger partial charge in [0.2, 0.25) is 0 Å². The molecule has 0 amide bonds. The first-order valence-corrected chi connectivity index (χ1v) is 6.60. The van der Waals surface area contributed by atoms with E-state index in [2.05, 4.69) is 6.08 Å². The minimum absolute atomic E-state index is 0.183. The first-order valence-electron chi connectivity index (χ1n) is 6.60. The molecule has 1 aromatic rings. The van der Waals surface area contributed by atoms with E-state index in [9.17, 15) is 9.59 Å². The summed E-state index contributed by atoms with van der Waals surface area (Å²) in [5, 5.41) is 0. The first kappa shape index (κ1) is 14.3. The predicted octanol–water partition coefficient (Wildman–Crippen LogP) is 2.44. The molecule has 4 nitrogen and oxygen atoms in total. The monoisotopic (exact) mass is 274 g/mol. The van der Waals surface area contributed by atoms with Gasteiger partial charge in [0, 0.05) is 5.92 Å². The molecule has 1 aliphatic carbocycles. The standard InChI is InChI=1S/C16H18O4/c1-19-15(17)14(16(18)20-2)13-10-6-9-12(13)11-7-4-3-5-8-11/h3-5,7-9,13-14H,6,10H2,1-2H3/t13-/m0/s1. The zero-order valence-corrected chi connectivity index (χ0v) is 11.7. The predicted molar refractivity (Wildman–Crippen MR) is 74.7 cm³/mol. The molecule has 0 radical (unpaired) electrons. The summed E-state index contributed by atoms with van der Waals surface area (Å²) < 4.78 is 9.53. The van der Waals surface area contributed by atoms with Crippen molar-refractivity contribution in [3.63, 3.8) is 0 Å². The second-order valence-corrected chi connectivity index (χ2v) is 4.73. The SMILES string of the molecule is COC(=O)C(C(=O)OC)[C@H]1CCC=C1c1ccccc1. The lowest BCUT2D eigenvalue weighted by molar-refractivity contribution is -0.160. The number of methoxy groups -OCH3 is 2. The first-order chi connectivity index (χ1) is 9.69. The summed E-state index contributed by atoms with van der Waals surface area (Å²) in [7, 11) is 2.58. The van der Waals surface area contributed by atoms with Crippen molar-refractivity contribution in [2.75, 3.05) is 14.2 Å². The Kier molecular flexibility index (Phi) is 4.56. The van der Waals surface area contributed by atoms with Crippen LogP contribution in [0.15, 0.2) is 36.4 Å². The lowest BCUT2D eigenvalue weighted by atomic mass is 9.83. The minimum Gasteiger partial charge on any atom is -0.468 e. The molecule has 0 spiro atoms. The van der Waals surface area contributed by atoms with Gasteiger partial charge in [0.25, 0.3) is 0 Å². The minimum atomic E-state index is -0.890. The molecule has 1 atom stereocenters. The van der Waals surface area contributed by atoms with Crippen molar-refractivity contribution in [1.29, 1.82) is 0 Å². The molecule has 0 saturated carbocycles. The largest absolute Gasteiger partial charge is 0.468 e. The molecule has 1 aromatic carbocycles. The average molecular weight is 274 g/mol. The van der Waals surface area contributed by atoms with Crippen LogP contribution in [0.5, 0.6) is 0 Å². The van der Waals surface area contributed by atoms with Crippen LogP contribution in [0.4, 0.5) is 0 Å². The molecular formula is C16H18O4. The van der Waals surface area contributed by atoms with Gasteiger partial charge < -0.3 is 9.47 Å². The van der Waals surface area contributed by atoms with E-state index in [1.807, 2.05) is 30.3 Å². The van der Waals surface area contributed by atoms with Gasteiger partial charge in [-0.25, -0.2) is 0 Å². The van der Waals surface area contributed by atoms with E-state index in [1.54, 1.807) is 0 Å². The summed E-state index contributed by atoms with van der Waals surface area (Å²) in [6, 6.07) is 9.78. The van der Waals surface area contributed by atoms with Crippen LogP contribution in [0.3, 0.4) is 0 Å². The number of rotatable bonds is 4.